The largest absolute Gasteiger partial charge is 0.867 e. The van der Waals surface area contributed by atoms with Crippen LogP contribution in [0.2, 0.25) is 5.02 Å². The summed E-state index contributed by atoms with van der Waals surface area (Å²) in [6.07, 6.45) is 1.88. The number of amides is 1. The second kappa shape index (κ2) is 7.31. The number of hydrazone groups is 1. The Balaban J connectivity index is 2.04. The van der Waals surface area contributed by atoms with Gasteiger partial charge >= 0.3 is 5.95 Å². The number of carbonyl (C=O) groups excluding carboxylic acids is 1. The maximum atomic E-state index is 11.8. The highest BCUT2D eigenvalue weighted by molar-refractivity contribution is 6.31. The molecule has 0 saturated carbocycles. The number of rotatable bonds is 6. The Morgan fingerprint density at radius 3 is 2.68 bits per heavy atom. The minimum atomic E-state index is -0.917. The van der Waals surface area contributed by atoms with Gasteiger partial charge in [0.05, 0.1) is 11.1 Å². The zero-order chi connectivity index (χ0) is 18.6. The molecular formula is C11H7ClN7O6-. The van der Waals surface area contributed by atoms with Crippen LogP contribution in [-0.4, -0.2) is 36.7 Å². The minimum absolute atomic E-state index is 0.0472. The van der Waals surface area contributed by atoms with Gasteiger partial charge in [0.25, 0.3) is 11.6 Å². The smallest absolute Gasteiger partial charge is 0.490 e. The van der Waals surface area contributed by atoms with Gasteiger partial charge in [-0.15, -0.1) is 0 Å². The van der Waals surface area contributed by atoms with E-state index in [0.29, 0.717) is 0 Å². The molecule has 25 heavy (non-hydrogen) atoms. The van der Waals surface area contributed by atoms with E-state index in [-0.39, 0.29) is 10.6 Å². The van der Waals surface area contributed by atoms with Gasteiger partial charge in [-0.25, -0.2) is 5.43 Å². The van der Waals surface area contributed by atoms with Crippen LogP contribution in [0.5, 0.6) is 5.75 Å². The fraction of sp³-hybridized carbons (Fsp3) is 0.0909. The first kappa shape index (κ1) is 17.7. The van der Waals surface area contributed by atoms with E-state index in [4.69, 9.17) is 11.6 Å². The molecule has 2 aromatic rings. The molecule has 1 aromatic heterocycles. The van der Waals surface area contributed by atoms with Gasteiger partial charge in [0.1, 0.15) is 6.54 Å². The van der Waals surface area contributed by atoms with Crippen molar-refractivity contribution in [1.82, 2.24) is 20.2 Å². The third-order valence-corrected chi connectivity index (χ3v) is 2.86. The van der Waals surface area contributed by atoms with Crippen molar-refractivity contribution < 1.29 is 19.7 Å². The van der Waals surface area contributed by atoms with E-state index in [1.807, 2.05) is 5.43 Å². The molecule has 0 atom stereocenters. The lowest BCUT2D eigenvalue weighted by Crippen LogP contribution is -2.23. The molecule has 1 aromatic carbocycles. The topological polar surface area (TPSA) is 182 Å². The zero-order valence-electron chi connectivity index (χ0n) is 12.0. The summed E-state index contributed by atoms with van der Waals surface area (Å²) in [5.74, 6) is -2.31. The number of aromatic nitrogens is 3. The maximum absolute atomic E-state index is 11.8. The molecule has 0 aliphatic rings. The molecule has 1 N–H and O–H groups in total. The standard InChI is InChI=1S/C11H8ClN7O6/c12-7-1-6(10(21)8(2-7)18(22)23)3-14-15-9(20)4-17-5-13-11(16-17)19(24)25/h1-3,5,21H,4H2,(H,15,20)/p-1/b14-3-. The van der Waals surface area contributed by atoms with Crippen LogP contribution in [-0.2, 0) is 11.3 Å². The van der Waals surface area contributed by atoms with E-state index in [1.165, 1.54) is 0 Å². The summed E-state index contributed by atoms with van der Waals surface area (Å²) in [5.41, 5.74) is 1.11. The van der Waals surface area contributed by atoms with Crippen LogP contribution in [0, 0.1) is 20.2 Å². The number of benzene rings is 1. The summed E-state index contributed by atoms with van der Waals surface area (Å²) < 4.78 is 0.909. The van der Waals surface area contributed by atoms with Crippen molar-refractivity contribution in [2.24, 2.45) is 5.10 Å². The molecule has 0 aliphatic heterocycles. The van der Waals surface area contributed by atoms with Gasteiger partial charge < -0.3 is 15.2 Å². The fourth-order valence-electron chi connectivity index (χ4n) is 1.63. The quantitative estimate of drug-likeness (QED) is 0.418. The molecule has 0 unspecified atom stereocenters. The Morgan fingerprint density at radius 1 is 1.36 bits per heavy atom. The summed E-state index contributed by atoms with van der Waals surface area (Å²) >= 11 is 5.68. The number of nitro groups is 2. The number of nitro benzene ring substituents is 1. The van der Waals surface area contributed by atoms with Crippen molar-refractivity contribution in [1.29, 1.82) is 0 Å². The van der Waals surface area contributed by atoms with Crippen LogP contribution >= 0.6 is 11.6 Å². The number of hydrogen-bond donors (Lipinski definition) is 1. The summed E-state index contributed by atoms with van der Waals surface area (Å²) in [6.45, 7) is -0.419. The fourth-order valence-corrected chi connectivity index (χ4v) is 1.85. The second-order valence-electron chi connectivity index (χ2n) is 4.39. The van der Waals surface area contributed by atoms with Crippen LogP contribution in [0.25, 0.3) is 0 Å². The highest BCUT2D eigenvalue weighted by Gasteiger charge is 2.15. The number of carbonyl (C=O) groups is 1. The number of nitrogens with one attached hydrogen (secondary N) is 1. The SMILES string of the molecule is O=C(Cn1cnc([N+](=O)[O-])n1)N/N=C\c1cc(Cl)cc([N+](=O)[O-])c1[O-]. The zero-order valence-corrected chi connectivity index (χ0v) is 12.8. The van der Waals surface area contributed by atoms with Crippen LogP contribution in [0.15, 0.2) is 23.6 Å². The van der Waals surface area contributed by atoms with Crippen LogP contribution in [0.3, 0.4) is 0 Å². The summed E-state index contributed by atoms with van der Waals surface area (Å²) in [5, 5.41) is 39.8. The van der Waals surface area contributed by atoms with Crippen molar-refractivity contribution >= 4 is 35.4 Å². The molecule has 2 rings (SSSR count). The van der Waals surface area contributed by atoms with Crippen LogP contribution < -0.4 is 10.5 Å². The van der Waals surface area contributed by atoms with Gasteiger partial charge in [0, 0.05) is 16.2 Å². The van der Waals surface area contributed by atoms with Gasteiger partial charge in [-0.3, -0.25) is 14.9 Å². The molecule has 1 heterocycles. The van der Waals surface area contributed by atoms with Crippen molar-refractivity contribution in [2.45, 2.75) is 6.54 Å². The lowest BCUT2D eigenvalue weighted by molar-refractivity contribution is -0.398. The normalized spacial score (nSPS) is 10.8. The Bertz CT molecular complexity index is 880. The number of halogens is 1. The van der Waals surface area contributed by atoms with Crippen molar-refractivity contribution in [3.8, 4) is 5.75 Å². The molecule has 0 bridgehead atoms. The second-order valence-corrected chi connectivity index (χ2v) is 4.83. The van der Waals surface area contributed by atoms with E-state index in [0.717, 1.165) is 29.4 Å². The number of hydrogen-bond acceptors (Lipinski definition) is 9. The van der Waals surface area contributed by atoms with Gasteiger partial charge in [0.15, 0.2) is 0 Å². The van der Waals surface area contributed by atoms with Crippen molar-refractivity contribution in [3.05, 3.63) is 49.3 Å². The van der Waals surface area contributed by atoms with Gasteiger partial charge in [-0.2, -0.15) is 9.78 Å². The molecule has 0 saturated heterocycles. The Morgan fingerprint density at radius 2 is 2.08 bits per heavy atom. The lowest BCUT2D eigenvalue weighted by Gasteiger charge is -2.10. The van der Waals surface area contributed by atoms with Crippen molar-refractivity contribution in [3.63, 3.8) is 0 Å². The summed E-state index contributed by atoms with van der Waals surface area (Å²) in [4.78, 5) is 34.4. The van der Waals surface area contributed by atoms with Gasteiger partial charge in [-0.05, 0) is 22.3 Å². The lowest BCUT2D eigenvalue weighted by atomic mass is 10.2. The summed E-state index contributed by atoms with van der Waals surface area (Å²) in [7, 11) is 0. The average molecular weight is 369 g/mol. The highest BCUT2D eigenvalue weighted by atomic mass is 35.5. The molecule has 0 aliphatic carbocycles. The molecular weight excluding hydrogens is 362 g/mol. The predicted octanol–water partition coefficient (Wildman–Crippen LogP) is -0.0282. The highest BCUT2D eigenvalue weighted by Crippen LogP contribution is 2.29. The third kappa shape index (κ3) is 4.44. The Labute approximate surface area is 142 Å². The van der Waals surface area contributed by atoms with E-state index in [9.17, 15) is 30.1 Å². The average Bonchev–Trinajstić information content (AvgIpc) is 2.98. The summed E-state index contributed by atoms with van der Waals surface area (Å²) in [6, 6.07) is 2.05. The van der Waals surface area contributed by atoms with E-state index in [1.54, 1.807) is 0 Å². The van der Waals surface area contributed by atoms with E-state index >= 15 is 0 Å². The van der Waals surface area contributed by atoms with E-state index in [2.05, 4.69) is 15.2 Å². The van der Waals surface area contributed by atoms with Crippen LogP contribution in [0.4, 0.5) is 11.6 Å². The van der Waals surface area contributed by atoms with Gasteiger partial charge in [-0.1, -0.05) is 16.6 Å². The molecule has 13 nitrogen and oxygen atoms in total. The molecule has 130 valence electrons. The monoisotopic (exact) mass is 368 g/mol. The van der Waals surface area contributed by atoms with E-state index < -0.39 is 39.7 Å². The first-order valence-electron chi connectivity index (χ1n) is 6.28. The molecule has 1 amide bonds. The third-order valence-electron chi connectivity index (χ3n) is 2.65. The Kier molecular flexibility index (Phi) is 5.18. The minimum Gasteiger partial charge on any atom is -0.867 e. The Hall–Kier alpha value is -3.61. The molecule has 14 heteroatoms. The first-order chi connectivity index (χ1) is 11.8. The predicted molar refractivity (Wildman–Crippen MR) is 80.0 cm³/mol. The maximum Gasteiger partial charge on any atom is 0.490 e. The van der Waals surface area contributed by atoms with Crippen molar-refractivity contribution in [2.75, 3.05) is 0 Å². The molecule has 0 spiro atoms. The number of nitrogens with zero attached hydrogens (tertiary/aromatic N) is 6. The first-order valence-corrected chi connectivity index (χ1v) is 6.66. The van der Waals surface area contributed by atoms with Gasteiger partial charge in [0.2, 0.25) is 6.33 Å². The van der Waals surface area contributed by atoms with Crippen LogP contribution in [0.1, 0.15) is 5.56 Å². The molecule has 0 fully saturated rings. The molecule has 0 radical (unpaired) electrons.